The van der Waals surface area contributed by atoms with E-state index in [1.807, 2.05) is 6.92 Å². The van der Waals surface area contributed by atoms with E-state index in [9.17, 15) is 4.79 Å². The molecule has 0 spiro atoms. The molecule has 16 heavy (non-hydrogen) atoms. The molecule has 1 unspecified atom stereocenters. The van der Waals surface area contributed by atoms with Gasteiger partial charge in [-0.2, -0.15) is 4.36 Å². The Balaban J connectivity index is 4.32. The Morgan fingerprint density at radius 1 is 1.25 bits per heavy atom. The predicted molar refractivity (Wildman–Crippen MR) is 73.8 cm³/mol. The van der Waals surface area contributed by atoms with Gasteiger partial charge in [-0.05, 0) is 26.2 Å². The lowest BCUT2D eigenvalue weighted by atomic mass is 10.1. The van der Waals surface area contributed by atoms with Crippen molar-refractivity contribution in [2.24, 2.45) is 4.36 Å². The van der Waals surface area contributed by atoms with Crippen LogP contribution in [-0.2, 0) is 15.5 Å². The van der Waals surface area contributed by atoms with E-state index in [4.69, 9.17) is 0 Å². The third-order valence-corrected chi connectivity index (χ3v) is 4.27. The molecule has 0 aromatic heterocycles. The van der Waals surface area contributed by atoms with Crippen LogP contribution in [0.5, 0.6) is 0 Å². The summed E-state index contributed by atoms with van der Waals surface area (Å²) in [5, 5.41) is 0. The minimum atomic E-state index is -0.0528. The Labute approximate surface area is 103 Å². The van der Waals surface area contributed by atoms with Crippen LogP contribution in [0, 0.1) is 0 Å². The number of hydrogen-bond donors (Lipinski definition) is 0. The van der Waals surface area contributed by atoms with Crippen molar-refractivity contribution in [2.45, 2.75) is 53.4 Å². The lowest BCUT2D eigenvalue weighted by Crippen LogP contribution is -2.02. The van der Waals surface area contributed by atoms with Crippen molar-refractivity contribution in [1.82, 2.24) is 0 Å². The molecule has 0 aliphatic carbocycles. The summed E-state index contributed by atoms with van der Waals surface area (Å²) in [7, 11) is -0.0528. The van der Waals surface area contributed by atoms with E-state index in [1.165, 1.54) is 6.42 Å². The van der Waals surface area contributed by atoms with E-state index in [2.05, 4.69) is 25.1 Å². The Kier molecular flexibility index (Phi) is 9.49. The van der Waals surface area contributed by atoms with Gasteiger partial charge in [-0.1, -0.05) is 43.5 Å². The van der Waals surface area contributed by atoms with Gasteiger partial charge in [-0.15, -0.1) is 0 Å². The number of allylic oxidation sites excluding steroid dienone is 1. The van der Waals surface area contributed by atoms with Gasteiger partial charge in [-0.25, -0.2) is 0 Å². The zero-order chi connectivity index (χ0) is 12.4. The topological polar surface area (TPSA) is 29.4 Å². The number of rotatable bonds is 7. The summed E-state index contributed by atoms with van der Waals surface area (Å²) >= 11 is 0. The van der Waals surface area contributed by atoms with Crippen LogP contribution in [0.25, 0.3) is 0 Å². The number of unbranched alkanes of at least 4 members (excludes halogenated alkanes) is 1. The first-order chi connectivity index (χ1) is 7.63. The highest BCUT2D eigenvalue weighted by Gasteiger charge is 1.99. The van der Waals surface area contributed by atoms with Gasteiger partial charge in [-0.3, -0.25) is 4.79 Å². The van der Waals surface area contributed by atoms with Crippen LogP contribution < -0.4 is 0 Å². The zero-order valence-corrected chi connectivity index (χ0v) is 11.9. The monoisotopic (exact) mass is 243 g/mol. The van der Waals surface area contributed by atoms with Crippen LogP contribution in [0.4, 0.5) is 0 Å². The van der Waals surface area contributed by atoms with E-state index in [-0.39, 0.29) is 16.6 Å². The van der Waals surface area contributed by atoms with Crippen LogP contribution in [0.15, 0.2) is 16.0 Å². The van der Waals surface area contributed by atoms with Crippen LogP contribution in [0.1, 0.15) is 53.4 Å². The molecule has 0 aromatic carbocycles. The lowest BCUT2D eigenvalue weighted by molar-refractivity contribution is -0.113. The average molecular weight is 243 g/mol. The standard InChI is InChI=1S/C13H25NOS/c1-5-8-9-12(4)11-13(15)14-16(7-3)10-6-2/h11H,5-10H2,1-4H3/b12-11+. The molecule has 3 heteroatoms. The molecule has 0 rings (SSSR count). The fourth-order valence-corrected chi connectivity index (χ4v) is 2.67. The van der Waals surface area contributed by atoms with Crippen LogP contribution in [0.3, 0.4) is 0 Å². The van der Waals surface area contributed by atoms with Crippen molar-refractivity contribution in [3.8, 4) is 0 Å². The molecule has 2 nitrogen and oxygen atoms in total. The van der Waals surface area contributed by atoms with E-state index < -0.39 is 0 Å². The molecular formula is C13H25NOS. The summed E-state index contributed by atoms with van der Waals surface area (Å²) in [5.74, 6) is 2.00. The first kappa shape index (κ1) is 15.6. The van der Waals surface area contributed by atoms with E-state index in [0.29, 0.717) is 0 Å². The maximum atomic E-state index is 11.6. The van der Waals surface area contributed by atoms with Crippen molar-refractivity contribution in [2.75, 3.05) is 11.5 Å². The highest BCUT2D eigenvalue weighted by molar-refractivity contribution is 7.87. The zero-order valence-electron chi connectivity index (χ0n) is 11.1. The number of carbonyl (C=O) groups excluding carboxylic acids is 1. The highest BCUT2D eigenvalue weighted by atomic mass is 32.2. The summed E-state index contributed by atoms with van der Waals surface area (Å²) in [6.07, 6.45) is 6.16. The molecule has 94 valence electrons. The molecular weight excluding hydrogens is 218 g/mol. The van der Waals surface area contributed by atoms with Gasteiger partial charge in [0.15, 0.2) is 0 Å². The summed E-state index contributed by atoms with van der Waals surface area (Å²) in [4.78, 5) is 11.6. The number of amides is 1. The molecule has 0 bridgehead atoms. The number of hydrogen-bond acceptors (Lipinski definition) is 1. The molecule has 0 saturated heterocycles. The summed E-state index contributed by atoms with van der Waals surface area (Å²) < 4.78 is 4.25. The molecule has 0 aliphatic rings. The van der Waals surface area contributed by atoms with Crippen LogP contribution in [-0.4, -0.2) is 17.4 Å². The minimum absolute atomic E-state index is 0.0350. The normalized spacial score (nSPS) is 14.1. The second kappa shape index (κ2) is 9.76. The van der Waals surface area contributed by atoms with E-state index >= 15 is 0 Å². The summed E-state index contributed by atoms with van der Waals surface area (Å²) in [6.45, 7) is 8.42. The van der Waals surface area contributed by atoms with Gasteiger partial charge < -0.3 is 0 Å². The largest absolute Gasteiger partial charge is 0.275 e. The van der Waals surface area contributed by atoms with Crippen molar-refractivity contribution in [3.63, 3.8) is 0 Å². The third kappa shape index (κ3) is 7.80. The van der Waals surface area contributed by atoms with Gasteiger partial charge >= 0.3 is 0 Å². The molecule has 0 fully saturated rings. The fraction of sp³-hybridized carbons (Fsp3) is 0.769. The SMILES string of the molecule is CCCC/C(C)=C/C(=O)N=S(CC)CCC. The average Bonchev–Trinajstić information content (AvgIpc) is 2.25. The second-order valence-electron chi connectivity index (χ2n) is 3.98. The number of carbonyl (C=O) groups is 1. The Bertz CT molecular complexity index is 269. The molecule has 1 atom stereocenters. The first-order valence-electron chi connectivity index (χ1n) is 6.24. The molecule has 1 amide bonds. The minimum Gasteiger partial charge on any atom is -0.267 e. The van der Waals surface area contributed by atoms with E-state index in [1.54, 1.807) is 6.08 Å². The highest BCUT2D eigenvalue weighted by Crippen LogP contribution is 2.06. The third-order valence-electron chi connectivity index (χ3n) is 2.29. The maximum absolute atomic E-state index is 11.6. The first-order valence-corrected chi connectivity index (χ1v) is 7.76. The second-order valence-corrected chi connectivity index (χ2v) is 6.07. The fourth-order valence-electron chi connectivity index (χ4n) is 1.38. The summed E-state index contributed by atoms with van der Waals surface area (Å²) in [6, 6.07) is 0. The molecule has 0 aromatic rings. The molecule has 0 N–H and O–H groups in total. The Morgan fingerprint density at radius 2 is 1.94 bits per heavy atom. The maximum Gasteiger partial charge on any atom is 0.275 e. The molecule has 0 heterocycles. The van der Waals surface area contributed by atoms with Gasteiger partial charge in [0, 0.05) is 17.6 Å². The molecule has 0 radical (unpaired) electrons. The van der Waals surface area contributed by atoms with Crippen molar-refractivity contribution >= 4 is 16.6 Å². The smallest absolute Gasteiger partial charge is 0.267 e. The summed E-state index contributed by atoms with van der Waals surface area (Å²) in [5.41, 5.74) is 1.16. The Morgan fingerprint density at radius 3 is 2.44 bits per heavy atom. The predicted octanol–water partition coefficient (Wildman–Crippen LogP) is 3.88. The van der Waals surface area contributed by atoms with Crippen LogP contribution in [0.2, 0.25) is 0 Å². The van der Waals surface area contributed by atoms with Gasteiger partial charge in [0.2, 0.25) is 0 Å². The van der Waals surface area contributed by atoms with Crippen molar-refractivity contribution in [3.05, 3.63) is 11.6 Å². The lowest BCUT2D eigenvalue weighted by Gasteiger charge is -2.02. The van der Waals surface area contributed by atoms with Gasteiger partial charge in [0.05, 0.1) is 0 Å². The molecule has 0 saturated carbocycles. The van der Waals surface area contributed by atoms with Gasteiger partial charge in [0.25, 0.3) is 5.91 Å². The van der Waals surface area contributed by atoms with Crippen molar-refractivity contribution < 1.29 is 4.79 Å². The molecule has 0 aliphatic heterocycles. The van der Waals surface area contributed by atoms with Crippen LogP contribution >= 0.6 is 0 Å². The van der Waals surface area contributed by atoms with Crippen molar-refractivity contribution in [1.29, 1.82) is 0 Å². The van der Waals surface area contributed by atoms with E-state index in [0.717, 1.165) is 36.3 Å². The number of nitrogens with zero attached hydrogens (tertiary/aromatic N) is 1. The van der Waals surface area contributed by atoms with Gasteiger partial charge in [0.1, 0.15) is 0 Å². The quantitative estimate of drug-likeness (QED) is 0.624. The Hall–Kier alpha value is -0.440.